The van der Waals surface area contributed by atoms with Crippen LogP contribution < -0.4 is 4.74 Å². The Bertz CT molecular complexity index is 377. The molecule has 0 amide bonds. The molecule has 0 spiro atoms. The van der Waals surface area contributed by atoms with Crippen molar-refractivity contribution in [2.45, 2.75) is 32.3 Å². The van der Waals surface area contributed by atoms with Crippen LogP contribution in [0.2, 0.25) is 0 Å². The molecule has 14 heavy (non-hydrogen) atoms. The molecule has 1 aromatic heterocycles. The van der Waals surface area contributed by atoms with Gasteiger partial charge in [-0.3, -0.25) is 0 Å². The Balaban J connectivity index is 2.16. The Kier molecular flexibility index (Phi) is 2.36. The number of hydrogen-bond donors (Lipinski definition) is 0. The van der Waals surface area contributed by atoms with Crippen LogP contribution in [0, 0.1) is 18.3 Å². The van der Waals surface area contributed by atoms with E-state index in [-0.39, 0.29) is 0 Å². The standard InChI is InChI=1S/C11H12N2O/c1-8-5-9(7-12)6-11(13-8)14-10-3-2-4-10/h5-6,10H,2-4H2,1H3. The molecule has 1 saturated carbocycles. The fourth-order valence-corrected chi connectivity index (χ4v) is 1.42. The molecule has 1 aliphatic carbocycles. The summed E-state index contributed by atoms with van der Waals surface area (Å²) in [6.45, 7) is 1.87. The first-order chi connectivity index (χ1) is 6.78. The molecule has 2 rings (SSSR count). The van der Waals surface area contributed by atoms with Crippen LogP contribution in [0.3, 0.4) is 0 Å². The third kappa shape index (κ3) is 1.85. The predicted molar refractivity (Wildman–Crippen MR) is 52.0 cm³/mol. The first-order valence-corrected chi connectivity index (χ1v) is 4.83. The van der Waals surface area contributed by atoms with E-state index < -0.39 is 0 Å². The van der Waals surface area contributed by atoms with Gasteiger partial charge in [0.1, 0.15) is 6.10 Å². The van der Waals surface area contributed by atoms with E-state index in [1.54, 1.807) is 12.1 Å². The quantitative estimate of drug-likeness (QED) is 0.714. The highest BCUT2D eigenvalue weighted by molar-refractivity contribution is 5.34. The van der Waals surface area contributed by atoms with E-state index in [1.165, 1.54) is 6.42 Å². The fraction of sp³-hybridized carbons (Fsp3) is 0.455. The lowest BCUT2D eigenvalue weighted by atomic mass is 9.96. The third-order valence-electron chi connectivity index (χ3n) is 2.40. The van der Waals surface area contributed by atoms with Gasteiger partial charge < -0.3 is 4.74 Å². The van der Waals surface area contributed by atoms with Crippen molar-refractivity contribution < 1.29 is 4.74 Å². The van der Waals surface area contributed by atoms with Crippen LogP contribution in [0.25, 0.3) is 0 Å². The van der Waals surface area contributed by atoms with Crippen molar-refractivity contribution >= 4 is 0 Å². The summed E-state index contributed by atoms with van der Waals surface area (Å²) in [6.07, 6.45) is 3.77. The van der Waals surface area contributed by atoms with Crippen LogP contribution in [0.1, 0.15) is 30.5 Å². The summed E-state index contributed by atoms with van der Waals surface area (Å²) in [4.78, 5) is 4.23. The topological polar surface area (TPSA) is 45.9 Å². The summed E-state index contributed by atoms with van der Waals surface area (Å²) in [5, 5.41) is 8.76. The van der Waals surface area contributed by atoms with Crippen molar-refractivity contribution in [3.63, 3.8) is 0 Å². The molecule has 0 unspecified atom stereocenters. The summed E-state index contributed by atoms with van der Waals surface area (Å²) in [5.74, 6) is 0.589. The zero-order valence-electron chi connectivity index (χ0n) is 8.16. The Hall–Kier alpha value is -1.56. The highest BCUT2D eigenvalue weighted by atomic mass is 16.5. The highest BCUT2D eigenvalue weighted by Crippen LogP contribution is 2.24. The van der Waals surface area contributed by atoms with Gasteiger partial charge in [-0.1, -0.05) is 0 Å². The van der Waals surface area contributed by atoms with Crippen molar-refractivity contribution in [2.75, 3.05) is 0 Å². The number of nitrogens with zero attached hydrogens (tertiary/aromatic N) is 2. The van der Waals surface area contributed by atoms with E-state index in [2.05, 4.69) is 11.1 Å². The Labute approximate surface area is 83.3 Å². The average molecular weight is 188 g/mol. The molecule has 0 N–H and O–H groups in total. The molecule has 72 valence electrons. The first kappa shape index (κ1) is 9.01. The number of rotatable bonds is 2. The van der Waals surface area contributed by atoms with Gasteiger partial charge >= 0.3 is 0 Å². The number of aromatic nitrogens is 1. The monoisotopic (exact) mass is 188 g/mol. The molecular weight excluding hydrogens is 176 g/mol. The lowest BCUT2D eigenvalue weighted by molar-refractivity contribution is 0.114. The van der Waals surface area contributed by atoms with Gasteiger partial charge in [-0.2, -0.15) is 5.26 Å². The van der Waals surface area contributed by atoms with E-state index in [9.17, 15) is 0 Å². The van der Waals surface area contributed by atoms with Crippen LogP contribution in [0.5, 0.6) is 5.88 Å². The number of hydrogen-bond acceptors (Lipinski definition) is 3. The third-order valence-corrected chi connectivity index (χ3v) is 2.40. The number of nitriles is 1. The minimum Gasteiger partial charge on any atom is -0.474 e. The molecule has 0 aliphatic heterocycles. The Morgan fingerprint density at radius 3 is 2.86 bits per heavy atom. The zero-order chi connectivity index (χ0) is 9.97. The van der Waals surface area contributed by atoms with Crippen molar-refractivity contribution in [1.29, 1.82) is 5.26 Å². The Morgan fingerprint density at radius 1 is 1.50 bits per heavy atom. The normalized spacial score (nSPS) is 15.7. The minimum absolute atomic E-state index is 0.316. The van der Waals surface area contributed by atoms with Crippen molar-refractivity contribution in [3.8, 4) is 11.9 Å². The van der Waals surface area contributed by atoms with Gasteiger partial charge in [-0.25, -0.2) is 4.98 Å². The smallest absolute Gasteiger partial charge is 0.215 e. The van der Waals surface area contributed by atoms with Crippen LogP contribution >= 0.6 is 0 Å². The molecular formula is C11H12N2O. The SMILES string of the molecule is Cc1cc(C#N)cc(OC2CCC2)n1. The molecule has 1 aromatic rings. The predicted octanol–water partition coefficient (Wildman–Crippen LogP) is 2.19. The lowest BCUT2D eigenvalue weighted by Gasteiger charge is -2.25. The molecule has 0 radical (unpaired) electrons. The van der Waals surface area contributed by atoms with Crippen LogP contribution in [-0.2, 0) is 0 Å². The second-order valence-corrected chi connectivity index (χ2v) is 3.62. The summed E-state index contributed by atoms with van der Waals surface area (Å²) in [7, 11) is 0. The summed E-state index contributed by atoms with van der Waals surface area (Å²) in [6, 6.07) is 5.55. The molecule has 0 bridgehead atoms. The van der Waals surface area contributed by atoms with Gasteiger partial charge in [-0.05, 0) is 32.3 Å². The largest absolute Gasteiger partial charge is 0.474 e. The molecule has 3 heteroatoms. The minimum atomic E-state index is 0.316. The molecule has 0 saturated heterocycles. The highest BCUT2D eigenvalue weighted by Gasteiger charge is 2.19. The van der Waals surface area contributed by atoms with E-state index in [0.29, 0.717) is 17.5 Å². The van der Waals surface area contributed by atoms with Crippen LogP contribution in [0.4, 0.5) is 0 Å². The molecule has 1 fully saturated rings. The molecule has 0 atom stereocenters. The second-order valence-electron chi connectivity index (χ2n) is 3.62. The summed E-state index contributed by atoms with van der Waals surface area (Å²) < 4.78 is 5.61. The molecule has 1 heterocycles. The van der Waals surface area contributed by atoms with Crippen LogP contribution in [0.15, 0.2) is 12.1 Å². The van der Waals surface area contributed by atoms with Gasteiger partial charge in [0, 0.05) is 11.8 Å². The zero-order valence-corrected chi connectivity index (χ0v) is 8.16. The maximum Gasteiger partial charge on any atom is 0.215 e. The first-order valence-electron chi connectivity index (χ1n) is 4.83. The van der Waals surface area contributed by atoms with Gasteiger partial charge in [-0.15, -0.1) is 0 Å². The van der Waals surface area contributed by atoms with E-state index in [1.807, 2.05) is 6.92 Å². The van der Waals surface area contributed by atoms with Gasteiger partial charge in [0.2, 0.25) is 5.88 Å². The van der Waals surface area contributed by atoms with E-state index in [0.717, 1.165) is 18.5 Å². The number of pyridine rings is 1. The molecule has 0 aromatic carbocycles. The molecule has 1 aliphatic rings. The van der Waals surface area contributed by atoms with Gasteiger partial charge in [0.25, 0.3) is 0 Å². The number of ether oxygens (including phenoxy) is 1. The van der Waals surface area contributed by atoms with Crippen molar-refractivity contribution in [1.82, 2.24) is 4.98 Å². The lowest BCUT2D eigenvalue weighted by Crippen LogP contribution is -2.25. The van der Waals surface area contributed by atoms with Crippen molar-refractivity contribution in [2.24, 2.45) is 0 Å². The maximum absolute atomic E-state index is 8.76. The fourth-order valence-electron chi connectivity index (χ4n) is 1.42. The van der Waals surface area contributed by atoms with Gasteiger partial charge in [0.05, 0.1) is 11.6 Å². The number of aryl methyl sites for hydroxylation is 1. The maximum atomic E-state index is 8.76. The average Bonchev–Trinajstić information content (AvgIpc) is 2.10. The second kappa shape index (κ2) is 3.67. The Morgan fingerprint density at radius 2 is 2.29 bits per heavy atom. The summed E-state index contributed by atoms with van der Waals surface area (Å²) >= 11 is 0. The van der Waals surface area contributed by atoms with Crippen molar-refractivity contribution in [3.05, 3.63) is 23.4 Å². The van der Waals surface area contributed by atoms with E-state index >= 15 is 0 Å². The molecule has 3 nitrogen and oxygen atoms in total. The summed E-state index contributed by atoms with van der Waals surface area (Å²) in [5.41, 5.74) is 1.45. The van der Waals surface area contributed by atoms with Gasteiger partial charge in [0.15, 0.2) is 0 Å². The van der Waals surface area contributed by atoms with E-state index in [4.69, 9.17) is 10.00 Å². The van der Waals surface area contributed by atoms with Crippen LogP contribution in [-0.4, -0.2) is 11.1 Å².